The first-order chi connectivity index (χ1) is 9.52. The number of anilines is 2. The number of nitrogens with zero attached hydrogens (tertiary/aromatic N) is 1. The quantitative estimate of drug-likeness (QED) is 0.875. The highest BCUT2D eigenvalue weighted by atomic mass is 19.1. The summed E-state index contributed by atoms with van der Waals surface area (Å²) < 4.78 is 26.6. The van der Waals surface area contributed by atoms with E-state index >= 15 is 0 Å². The molecule has 5 heteroatoms. The highest BCUT2D eigenvalue weighted by molar-refractivity contribution is 6.06. The van der Waals surface area contributed by atoms with Crippen LogP contribution in [0.1, 0.15) is 17.3 Å². The summed E-state index contributed by atoms with van der Waals surface area (Å²) in [5.74, 6) is -2.10. The van der Waals surface area contributed by atoms with Crippen LogP contribution in [-0.4, -0.2) is 12.5 Å². The number of nitrogens with two attached hydrogens (primary N) is 1. The van der Waals surface area contributed by atoms with Crippen molar-refractivity contribution in [1.82, 2.24) is 0 Å². The minimum atomic E-state index is -0.871. The fraction of sp³-hybridized carbons (Fsp3) is 0.133. The summed E-state index contributed by atoms with van der Waals surface area (Å²) in [6, 6.07) is 9.58. The lowest BCUT2D eigenvalue weighted by Crippen LogP contribution is -2.31. The summed E-state index contributed by atoms with van der Waals surface area (Å²) in [5.41, 5.74) is 6.61. The van der Waals surface area contributed by atoms with Gasteiger partial charge in [-0.25, -0.2) is 8.78 Å². The lowest BCUT2D eigenvalue weighted by atomic mass is 10.1. The smallest absolute Gasteiger partial charge is 0.261 e. The van der Waals surface area contributed by atoms with Crippen LogP contribution in [0.15, 0.2) is 42.5 Å². The molecule has 2 rings (SSSR count). The molecule has 0 heterocycles. The highest BCUT2D eigenvalue weighted by Crippen LogP contribution is 2.20. The Kier molecular flexibility index (Phi) is 3.98. The molecule has 3 nitrogen and oxygen atoms in total. The van der Waals surface area contributed by atoms with Gasteiger partial charge in [-0.2, -0.15) is 0 Å². The summed E-state index contributed by atoms with van der Waals surface area (Å²) >= 11 is 0. The van der Waals surface area contributed by atoms with Crippen LogP contribution < -0.4 is 10.6 Å². The van der Waals surface area contributed by atoms with E-state index in [0.29, 0.717) is 24.0 Å². The summed E-state index contributed by atoms with van der Waals surface area (Å²) in [4.78, 5) is 13.7. The number of nitrogen functional groups attached to an aromatic ring is 1. The number of amides is 1. The standard InChI is InChI=1S/C15H14F2N2O/c1-2-19(12-6-4-11(18)5-7-12)15(20)13-8-3-10(16)9-14(13)17/h3-9H,2,18H2,1H3. The highest BCUT2D eigenvalue weighted by Gasteiger charge is 2.19. The molecule has 0 saturated carbocycles. The van der Waals surface area contributed by atoms with Crippen molar-refractivity contribution in [2.75, 3.05) is 17.2 Å². The normalized spacial score (nSPS) is 10.3. The number of halogens is 2. The minimum absolute atomic E-state index is 0.162. The molecule has 104 valence electrons. The zero-order valence-electron chi connectivity index (χ0n) is 10.9. The van der Waals surface area contributed by atoms with Gasteiger partial charge >= 0.3 is 0 Å². The monoisotopic (exact) mass is 276 g/mol. The lowest BCUT2D eigenvalue weighted by Gasteiger charge is -2.21. The Labute approximate surface area is 115 Å². The molecule has 0 unspecified atom stereocenters. The van der Waals surface area contributed by atoms with E-state index in [1.807, 2.05) is 0 Å². The fourth-order valence-electron chi connectivity index (χ4n) is 1.91. The minimum Gasteiger partial charge on any atom is -0.399 e. The first-order valence-electron chi connectivity index (χ1n) is 6.15. The van der Waals surface area contributed by atoms with Gasteiger partial charge in [0.1, 0.15) is 11.6 Å². The van der Waals surface area contributed by atoms with Gasteiger partial charge in [-0.3, -0.25) is 4.79 Å². The molecule has 0 aliphatic rings. The first kappa shape index (κ1) is 14.0. The second kappa shape index (κ2) is 5.69. The van der Waals surface area contributed by atoms with Crippen LogP contribution in [-0.2, 0) is 0 Å². The molecule has 0 aliphatic heterocycles. The number of carbonyl (C=O) groups is 1. The van der Waals surface area contributed by atoms with Crippen molar-refractivity contribution in [3.63, 3.8) is 0 Å². The zero-order chi connectivity index (χ0) is 14.7. The zero-order valence-corrected chi connectivity index (χ0v) is 10.9. The molecule has 20 heavy (non-hydrogen) atoms. The predicted octanol–water partition coefficient (Wildman–Crippen LogP) is 3.21. The van der Waals surface area contributed by atoms with Crippen LogP contribution in [0.25, 0.3) is 0 Å². The lowest BCUT2D eigenvalue weighted by molar-refractivity contribution is 0.0984. The maximum atomic E-state index is 13.7. The van der Waals surface area contributed by atoms with Gasteiger partial charge in [0.05, 0.1) is 5.56 Å². The van der Waals surface area contributed by atoms with E-state index in [1.165, 1.54) is 4.90 Å². The second-order valence-electron chi connectivity index (χ2n) is 4.27. The van der Waals surface area contributed by atoms with Crippen LogP contribution in [0.3, 0.4) is 0 Å². The van der Waals surface area contributed by atoms with Gasteiger partial charge in [-0.15, -0.1) is 0 Å². The maximum Gasteiger partial charge on any atom is 0.261 e. The Hall–Kier alpha value is -2.43. The van der Waals surface area contributed by atoms with Gasteiger partial charge in [0.15, 0.2) is 0 Å². The molecule has 0 radical (unpaired) electrons. The first-order valence-corrected chi connectivity index (χ1v) is 6.15. The molecule has 0 bridgehead atoms. The molecule has 2 aromatic rings. The molecule has 0 aliphatic carbocycles. The third-order valence-corrected chi connectivity index (χ3v) is 2.93. The van der Waals surface area contributed by atoms with Gasteiger partial charge < -0.3 is 10.6 Å². The Balaban J connectivity index is 2.36. The molecular weight excluding hydrogens is 262 g/mol. The van der Waals surface area contributed by atoms with Crippen molar-refractivity contribution in [3.05, 3.63) is 59.7 Å². The largest absolute Gasteiger partial charge is 0.399 e. The Morgan fingerprint density at radius 2 is 1.80 bits per heavy atom. The number of hydrogen-bond donors (Lipinski definition) is 1. The van der Waals surface area contributed by atoms with Crippen molar-refractivity contribution < 1.29 is 13.6 Å². The molecule has 0 aromatic heterocycles. The molecular formula is C15H14F2N2O. The van der Waals surface area contributed by atoms with E-state index in [9.17, 15) is 13.6 Å². The van der Waals surface area contributed by atoms with Crippen LogP contribution >= 0.6 is 0 Å². The average Bonchev–Trinajstić information content (AvgIpc) is 2.41. The molecule has 0 atom stereocenters. The maximum absolute atomic E-state index is 13.7. The predicted molar refractivity (Wildman–Crippen MR) is 74.6 cm³/mol. The Morgan fingerprint density at radius 1 is 1.15 bits per heavy atom. The summed E-state index contributed by atoms with van der Waals surface area (Å²) in [7, 11) is 0. The third kappa shape index (κ3) is 2.77. The van der Waals surface area contributed by atoms with E-state index in [-0.39, 0.29) is 5.56 Å². The summed E-state index contributed by atoms with van der Waals surface area (Å²) in [5, 5.41) is 0. The van der Waals surface area contributed by atoms with Crippen molar-refractivity contribution >= 4 is 17.3 Å². The van der Waals surface area contributed by atoms with E-state index in [0.717, 1.165) is 12.1 Å². The van der Waals surface area contributed by atoms with E-state index in [2.05, 4.69) is 0 Å². The van der Waals surface area contributed by atoms with E-state index in [4.69, 9.17) is 5.73 Å². The summed E-state index contributed by atoms with van der Waals surface area (Å²) in [6.45, 7) is 2.13. The van der Waals surface area contributed by atoms with Gasteiger partial charge in [0.2, 0.25) is 0 Å². The van der Waals surface area contributed by atoms with Gasteiger partial charge in [-0.05, 0) is 43.3 Å². The SMILES string of the molecule is CCN(C(=O)c1ccc(F)cc1F)c1ccc(N)cc1. The van der Waals surface area contributed by atoms with Crippen molar-refractivity contribution in [2.45, 2.75) is 6.92 Å². The van der Waals surface area contributed by atoms with Gasteiger partial charge in [0, 0.05) is 24.0 Å². The van der Waals surface area contributed by atoms with Crippen LogP contribution in [0.4, 0.5) is 20.2 Å². The third-order valence-electron chi connectivity index (χ3n) is 2.93. The molecule has 0 spiro atoms. The topological polar surface area (TPSA) is 46.3 Å². The molecule has 0 fully saturated rings. The Bertz CT molecular complexity index is 626. The number of carbonyl (C=O) groups excluding carboxylic acids is 1. The van der Waals surface area contributed by atoms with Crippen LogP contribution in [0.5, 0.6) is 0 Å². The molecule has 0 saturated heterocycles. The van der Waals surface area contributed by atoms with Crippen LogP contribution in [0.2, 0.25) is 0 Å². The molecule has 2 N–H and O–H groups in total. The number of benzene rings is 2. The van der Waals surface area contributed by atoms with E-state index in [1.54, 1.807) is 31.2 Å². The number of hydrogen-bond acceptors (Lipinski definition) is 2. The van der Waals surface area contributed by atoms with E-state index < -0.39 is 17.5 Å². The van der Waals surface area contributed by atoms with Crippen LogP contribution in [0, 0.1) is 11.6 Å². The fourth-order valence-corrected chi connectivity index (χ4v) is 1.91. The second-order valence-corrected chi connectivity index (χ2v) is 4.27. The average molecular weight is 276 g/mol. The Morgan fingerprint density at radius 3 is 2.35 bits per heavy atom. The van der Waals surface area contributed by atoms with Crippen molar-refractivity contribution in [3.8, 4) is 0 Å². The number of rotatable bonds is 3. The van der Waals surface area contributed by atoms with Gasteiger partial charge in [0.25, 0.3) is 5.91 Å². The van der Waals surface area contributed by atoms with Crippen molar-refractivity contribution in [2.24, 2.45) is 0 Å². The van der Waals surface area contributed by atoms with Gasteiger partial charge in [-0.1, -0.05) is 0 Å². The summed E-state index contributed by atoms with van der Waals surface area (Å²) in [6.07, 6.45) is 0. The molecule has 2 aromatic carbocycles. The van der Waals surface area contributed by atoms with Crippen molar-refractivity contribution in [1.29, 1.82) is 0 Å². The molecule has 1 amide bonds.